The minimum atomic E-state index is -0.727. The van der Waals surface area contributed by atoms with Crippen LogP contribution in [0.5, 0.6) is 0 Å². The van der Waals surface area contributed by atoms with Gasteiger partial charge in [0.25, 0.3) is 0 Å². The van der Waals surface area contributed by atoms with Crippen LogP contribution in [0.1, 0.15) is 32.3 Å². The minimum absolute atomic E-state index is 0.236. The molecule has 3 nitrogen and oxygen atoms in total. The van der Waals surface area contributed by atoms with Gasteiger partial charge in [0.05, 0.1) is 0 Å². The van der Waals surface area contributed by atoms with Crippen LogP contribution in [0, 0.1) is 0 Å². The Kier molecular flexibility index (Phi) is 5.27. The molecule has 0 bridgehead atoms. The molecule has 2 rings (SSSR count). The Morgan fingerprint density at radius 3 is 2.71 bits per heavy atom. The van der Waals surface area contributed by atoms with Gasteiger partial charge in [-0.25, -0.2) is 0 Å². The molecular weight excluding hydrogens is 214 g/mol. The van der Waals surface area contributed by atoms with Gasteiger partial charge in [0.15, 0.2) is 0 Å². The van der Waals surface area contributed by atoms with E-state index in [1.54, 1.807) is 0 Å². The first-order valence-corrected chi connectivity index (χ1v) is 6.04. The first-order valence-electron chi connectivity index (χ1n) is 6.04. The lowest BCUT2D eigenvalue weighted by molar-refractivity contribution is -0.137. The summed E-state index contributed by atoms with van der Waals surface area (Å²) in [7, 11) is 0. The summed E-state index contributed by atoms with van der Waals surface area (Å²) in [5.41, 5.74) is 2.31. The van der Waals surface area contributed by atoms with Gasteiger partial charge < -0.3 is 10.1 Å². The predicted molar refractivity (Wildman–Crippen MR) is 70.2 cm³/mol. The minimum Gasteiger partial charge on any atom is -0.481 e. The highest BCUT2D eigenvalue weighted by atomic mass is 16.4. The molecule has 0 atom stereocenters. The Morgan fingerprint density at radius 1 is 1.29 bits per heavy atom. The van der Waals surface area contributed by atoms with Crippen molar-refractivity contribution in [3.8, 4) is 0 Å². The molecule has 0 saturated heterocycles. The van der Waals surface area contributed by atoms with E-state index in [1.165, 1.54) is 10.9 Å². The molecule has 0 spiro atoms. The van der Waals surface area contributed by atoms with Gasteiger partial charge in [-0.3, -0.25) is 4.79 Å². The molecule has 0 aliphatic heterocycles. The molecule has 3 heteroatoms. The Bertz CT molecular complexity index is 474. The number of H-pyrrole nitrogens is 1. The molecule has 0 amide bonds. The number of aliphatic carboxylic acids is 1. The Hall–Kier alpha value is -1.77. The summed E-state index contributed by atoms with van der Waals surface area (Å²) in [6.45, 7) is 4.00. The number of fused-ring (bicyclic) bond motifs is 1. The fraction of sp³-hybridized carbons (Fsp3) is 0.357. The van der Waals surface area contributed by atoms with E-state index >= 15 is 0 Å². The Balaban J connectivity index is 0.000000686. The second-order valence-electron chi connectivity index (χ2n) is 3.61. The summed E-state index contributed by atoms with van der Waals surface area (Å²) in [5.74, 6) is -0.727. The van der Waals surface area contributed by atoms with Crippen LogP contribution in [0.3, 0.4) is 0 Å². The maximum Gasteiger partial charge on any atom is 0.303 e. The quantitative estimate of drug-likeness (QED) is 0.847. The summed E-state index contributed by atoms with van der Waals surface area (Å²) < 4.78 is 0. The lowest BCUT2D eigenvalue weighted by Crippen LogP contribution is -1.95. The normalized spacial score (nSPS) is 9.76. The van der Waals surface area contributed by atoms with E-state index in [0.29, 0.717) is 6.42 Å². The van der Waals surface area contributed by atoms with Crippen LogP contribution < -0.4 is 0 Å². The third-order valence-electron chi connectivity index (χ3n) is 2.51. The van der Waals surface area contributed by atoms with Crippen molar-refractivity contribution < 1.29 is 9.90 Å². The Morgan fingerprint density at radius 2 is 2.00 bits per heavy atom. The standard InChI is InChI=1S/C12H13NO2.C2H6/c14-12(15)7-3-4-9-8-13-11-6-2-1-5-10(9)11;1-2/h1-2,5-6,8,13H,3-4,7H2,(H,14,15);1-2H3. The van der Waals surface area contributed by atoms with E-state index < -0.39 is 5.97 Å². The molecule has 2 N–H and O–H groups in total. The highest BCUT2D eigenvalue weighted by molar-refractivity contribution is 5.83. The number of nitrogens with one attached hydrogen (secondary N) is 1. The molecule has 0 aliphatic rings. The van der Waals surface area contributed by atoms with Gasteiger partial charge in [0.2, 0.25) is 0 Å². The maximum absolute atomic E-state index is 10.4. The van der Waals surface area contributed by atoms with Crippen molar-refractivity contribution in [3.05, 3.63) is 36.0 Å². The average Bonchev–Trinajstić information content (AvgIpc) is 2.75. The summed E-state index contributed by atoms with van der Waals surface area (Å²) in [6, 6.07) is 8.06. The number of aryl methyl sites for hydroxylation is 1. The number of rotatable bonds is 4. The number of carbonyl (C=O) groups is 1. The highest BCUT2D eigenvalue weighted by Crippen LogP contribution is 2.19. The van der Waals surface area contributed by atoms with Crippen LogP contribution >= 0.6 is 0 Å². The summed E-state index contributed by atoms with van der Waals surface area (Å²) >= 11 is 0. The predicted octanol–water partition coefficient (Wildman–Crippen LogP) is 3.60. The van der Waals surface area contributed by atoms with E-state index in [9.17, 15) is 4.79 Å². The zero-order valence-electron chi connectivity index (χ0n) is 10.4. The summed E-state index contributed by atoms with van der Waals surface area (Å²) in [4.78, 5) is 13.6. The zero-order valence-corrected chi connectivity index (χ0v) is 10.4. The lowest BCUT2D eigenvalue weighted by atomic mass is 10.1. The molecule has 0 radical (unpaired) electrons. The molecule has 0 aliphatic carbocycles. The number of para-hydroxylation sites is 1. The SMILES string of the molecule is CC.O=C(O)CCCc1c[nH]c2ccccc12. The summed E-state index contributed by atoms with van der Waals surface area (Å²) in [5, 5.41) is 9.74. The molecule has 1 heterocycles. The van der Waals surface area contributed by atoms with Crippen LogP contribution in [0.4, 0.5) is 0 Å². The number of carboxylic acids is 1. The van der Waals surface area contributed by atoms with E-state index in [0.717, 1.165) is 11.9 Å². The van der Waals surface area contributed by atoms with Crippen molar-refractivity contribution in [2.45, 2.75) is 33.1 Å². The molecule has 1 aromatic carbocycles. The van der Waals surface area contributed by atoms with Crippen LogP contribution in [0.25, 0.3) is 10.9 Å². The zero-order chi connectivity index (χ0) is 12.7. The molecular formula is C14H19NO2. The number of hydrogen-bond acceptors (Lipinski definition) is 1. The monoisotopic (exact) mass is 233 g/mol. The van der Waals surface area contributed by atoms with Gasteiger partial charge in [-0.15, -0.1) is 0 Å². The molecule has 2 aromatic rings. The van der Waals surface area contributed by atoms with Crippen molar-refractivity contribution in [1.82, 2.24) is 4.98 Å². The molecule has 0 fully saturated rings. The van der Waals surface area contributed by atoms with Crippen molar-refractivity contribution in [2.75, 3.05) is 0 Å². The molecule has 1 aromatic heterocycles. The third kappa shape index (κ3) is 3.63. The van der Waals surface area contributed by atoms with E-state index in [4.69, 9.17) is 5.11 Å². The maximum atomic E-state index is 10.4. The Labute approximate surface area is 101 Å². The van der Waals surface area contributed by atoms with Gasteiger partial charge >= 0.3 is 5.97 Å². The number of carboxylic acid groups (broad SMARTS) is 1. The van der Waals surface area contributed by atoms with E-state index in [-0.39, 0.29) is 6.42 Å². The second-order valence-corrected chi connectivity index (χ2v) is 3.61. The largest absolute Gasteiger partial charge is 0.481 e. The van der Waals surface area contributed by atoms with Gasteiger partial charge in [-0.1, -0.05) is 32.0 Å². The van der Waals surface area contributed by atoms with Crippen molar-refractivity contribution in [3.63, 3.8) is 0 Å². The molecule has 92 valence electrons. The highest BCUT2D eigenvalue weighted by Gasteiger charge is 2.03. The van der Waals surface area contributed by atoms with Crippen molar-refractivity contribution in [1.29, 1.82) is 0 Å². The van der Waals surface area contributed by atoms with Gasteiger partial charge in [0, 0.05) is 23.5 Å². The average molecular weight is 233 g/mol. The molecule has 17 heavy (non-hydrogen) atoms. The fourth-order valence-electron chi connectivity index (χ4n) is 1.77. The van der Waals surface area contributed by atoms with E-state index in [2.05, 4.69) is 11.1 Å². The number of aromatic amines is 1. The van der Waals surface area contributed by atoms with Crippen molar-refractivity contribution >= 4 is 16.9 Å². The van der Waals surface area contributed by atoms with Crippen LogP contribution in [-0.2, 0) is 11.2 Å². The topological polar surface area (TPSA) is 53.1 Å². The second kappa shape index (κ2) is 6.74. The first kappa shape index (κ1) is 13.3. The number of aromatic nitrogens is 1. The van der Waals surface area contributed by atoms with Gasteiger partial charge in [-0.05, 0) is 24.5 Å². The van der Waals surface area contributed by atoms with Gasteiger partial charge in [-0.2, -0.15) is 0 Å². The van der Waals surface area contributed by atoms with Crippen LogP contribution in [-0.4, -0.2) is 16.1 Å². The van der Waals surface area contributed by atoms with Crippen LogP contribution in [0.15, 0.2) is 30.5 Å². The van der Waals surface area contributed by atoms with E-state index in [1.807, 2.05) is 38.2 Å². The molecule has 0 unspecified atom stereocenters. The summed E-state index contributed by atoms with van der Waals surface area (Å²) in [6.07, 6.45) is 3.71. The first-order chi connectivity index (χ1) is 8.27. The number of benzene rings is 1. The van der Waals surface area contributed by atoms with Gasteiger partial charge in [0.1, 0.15) is 0 Å². The molecule has 0 saturated carbocycles. The fourth-order valence-corrected chi connectivity index (χ4v) is 1.77. The number of hydrogen-bond donors (Lipinski definition) is 2. The van der Waals surface area contributed by atoms with Crippen LogP contribution in [0.2, 0.25) is 0 Å². The lowest BCUT2D eigenvalue weighted by Gasteiger charge is -1.96. The van der Waals surface area contributed by atoms with Crippen molar-refractivity contribution in [2.24, 2.45) is 0 Å². The smallest absolute Gasteiger partial charge is 0.303 e. The third-order valence-corrected chi connectivity index (χ3v) is 2.51.